The number of aromatic carboxylic acids is 1. The van der Waals surface area contributed by atoms with Crippen molar-refractivity contribution in [2.45, 2.75) is 12.8 Å². The Labute approximate surface area is 111 Å². The molecule has 2 N–H and O–H groups in total. The van der Waals surface area contributed by atoms with E-state index in [1.165, 1.54) is 6.07 Å². The Kier molecular flexibility index (Phi) is 4.44. The molecule has 0 radical (unpaired) electrons. The van der Waals surface area contributed by atoms with E-state index in [1.807, 2.05) is 0 Å². The molecule has 5 heteroatoms. The van der Waals surface area contributed by atoms with Crippen LogP contribution in [-0.4, -0.2) is 30.8 Å². The van der Waals surface area contributed by atoms with Crippen LogP contribution < -0.4 is 5.32 Å². The van der Waals surface area contributed by atoms with Gasteiger partial charge in [-0.15, -0.1) is 0 Å². The lowest BCUT2D eigenvalue weighted by Gasteiger charge is -2.23. The second-order valence-electron chi connectivity index (χ2n) is 4.46. The lowest BCUT2D eigenvalue weighted by molar-refractivity contribution is 0.0595. The molecule has 1 saturated heterocycles. The van der Waals surface area contributed by atoms with Crippen molar-refractivity contribution in [3.63, 3.8) is 0 Å². The molecule has 1 fully saturated rings. The molecule has 0 bridgehead atoms. The number of carbonyl (C=O) groups is 1. The zero-order valence-corrected chi connectivity index (χ0v) is 10.7. The molecule has 98 valence electrons. The minimum atomic E-state index is -0.968. The van der Waals surface area contributed by atoms with Gasteiger partial charge in [0.15, 0.2) is 0 Å². The van der Waals surface area contributed by atoms with Gasteiger partial charge >= 0.3 is 5.97 Å². The normalized spacial score (nSPS) is 19.5. The van der Waals surface area contributed by atoms with Crippen LogP contribution in [-0.2, 0) is 4.74 Å². The largest absolute Gasteiger partial charge is 0.478 e. The molecule has 0 aliphatic carbocycles. The number of halogens is 1. The van der Waals surface area contributed by atoms with Crippen LogP contribution in [0.4, 0.5) is 5.69 Å². The number of hydrogen-bond donors (Lipinski definition) is 2. The third-order valence-corrected chi connectivity index (χ3v) is 3.36. The van der Waals surface area contributed by atoms with Crippen LogP contribution in [0.3, 0.4) is 0 Å². The monoisotopic (exact) mass is 269 g/mol. The van der Waals surface area contributed by atoms with E-state index in [2.05, 4.69) is 5.32 Å². The summed E-state index contributed by atoms with van der Waals surface area (Å²) in [4.78, 5) is 10.8. The summed E-state index contributed by atoms with van der Waals surface area (Å²) in [7, 11) is 0. The van der Waals surface area contributed by atoms with Gasteiger partial charge in [0.2, 0.25) is 0 Å². The van der Waals surface area contributed by atoms with Crippen LogP contribution in [0.2, 0.25) is 5.02 Å². The maximum Gasteiger partial charge on any atom is 0.335 e. The first-order valence-electron chi connectivity index (χ1n) is 6.01. The van der Waals surface area contributed by atoms with Crippen molar-refractivity contribution in [1.82, 2.24) is 0 Å². The van der Waals surface area contributed by atoms with Crippen molar-refractivity contribution >= 4 is 23.3 Å². The van der Waals surface area contributed by atoms with Gasteiger partial charge in [-0.2, -0.15) is 0 Å². The van der Waals surface area contributed by atoms with Crippen LogP contribution in [0.1, 0.15) is 23.2 Å². The van der Waals surface area contributed by atoms with E-state index < -0.39 is 5.97 Å². The van der Waals surface area contributed by atoms with Crippen molar-refractivity contribution in [1.29, 1.82) is 0 Å². The summed E-state index contributed by atoms with van der Waals surface area (Å²) in [6.45, 7) is 2.43. The van der Waals surface area contributed by atoms with Gasteiger partial charge in [-0.05, 0) is 37.0 Å². The molecule has 1 heterocycles. The minimum Gasteiger partial charge on any atom is -0.478 e. The highest BCUT2D eigenvalue weighted by Gasteiger charge is 2.14. The number of anilines is 1. The number of nitrogens with one attached hydrogen (secondary N) is 1. The fourth-order valence-electron chi connectivity index (χ4n) is 2.01. The van der Waals surface area contributed by atoms with Crippen LogP contribution in [0.25, 0.3) is 0 Å². The van der Waals surface area contributed by atoms with E-state index in [-0.39, 0.29) is 5.56 Å². The predicted molar refractivity (Wildman–Crippen MR) is 70.4 cm³/mol. The van der Waals surface area contributed by atoms with E-state index >= 15 is 0 Å². The number of carboxylic acid groups (broad SMARTS) is 1. The summed E-state index contributed by atoms with van der Waals surface area (Å²) in [5.74, 6) is -0.474. The molecule has 0 spiro atoms. The highest BCUT2D eigenvalue weighted by atomic mass is 35.5. The third-order valence-electron chi connectivity index (χ3n) is 3.05. The fourth-order valence-corrected chi connectivity index (χ4v) is 2.26. The minimum absolute atomic E-state index is 0.201. The van der Waals surface area contributed by atoms with Gasteiger partial charge in [-0.1, -0.05) is 11.6 Å². The molecular weight excluding hydrogens is 254 g/mol. The zero-order chi connectivity index (χ0) is 13.0. The zero-order valence-electron chi connectivity index (χ0n) is 9.99. The number of carboxylic acids is 1. The van der Waals surface area contributed by atoms with Crippen molar-refractivity contribution in [3.05, 3.63) is 28.8 Å². The van der Waals surface area contributed by atoms with Crippen LogP contribution in [0, 0.1) is 5.92 Å². The molecular formula is C13H16ClNO3. The summed E-state index contributed by atoms with van der Waals surface area (Å²) in [6, 6.07) is 4.72. The summed E-state index contributed by atoms with van der Waals surface area (Å²) in [5, 5.41) is 12.5. The molecule has 1 aromatic rings. The quantitative estimate of drug-likeness (QED) is 0.882. The van der Waals surface area contributed by atoms with Gasteiger partial charge in [0.1, 0.15) is 0 Å². The van der Waals surface area contributed by atoms with Gasteiger partial charge < -0.3 is 15.2 Å². The van der Waals surface area contributed by atoms with Crippen molar-refractivity contribution in [3.8, 4) is 0 Å². The molecule has 18 heavy (non-hydrogen) atoms. The lowest BCUT2D eigenvalue weighted by atomic mass is 10.0. The number of benzene rings is 1. The van der Waals surface area contributed by atoms with Crippen molar-refractivity contribution in [2.75, 3.05) is 25.1 Å². The molecule has 0 saturated carbocycles. The molecule has 1 atom stereocenters. The average Bonchev–Trinajstić information content (AvgIpc) is 2.38. The topological polar surface area (TPSA) is 58.6 Å². The summed E-state index contributed by atoms with van der Waals surface area (Å²) < 4.78 is 5.40. The van der Waals surface area contributed by atoms with Gasteiger partial charge in [-0.25, -0.2) is 4.79 Å². The summed E-state index contributed by atoms with van der Waals surface area (Å²) >= 11 is 6.03. The SMILES string of the molecule is O=C(O)c1ccc(NCC2CCCOC2)c(Cl)c1. The lowest BCUT2D eigenvalue weighted by Crippen LogP contribution is -2.24. The molecule has 0 aromatic heterocycles. The molecule has 0 amide bonds. The van der Waals surface area contributed by atoms with Crippen LogP contribution >= 0.6 is 11.6 Å². The second-order valence-corrected chi connectivity index (χ2v) is 4.87. The van der Waals surface area contributed by atoms with Crippen LogP contribution in [0.15, 0.2) is 18.2 Å². The Hall–Kier alpha value is -1.26. The van der Waals surface area contributed by atoms with E-state index in [4.69, 9.17) is 21.4 Å². The molecule has 4 nitrogen and oxygen atoms in total. The highest BCUT2D eigenvalue weighted by Crippen LogP contribution is 2.24. The first-order valence-corrected chi connectivity index (χ1v) is 6.39. The van der Waals surface area contributed by atoms with Gasteiger partial charge in [0.05, 0.1) is 22.9 Å². The highest BCUT2D eigenvalue weighted by molar-refractivity contribution is 6.33. The Balaban J connectivity index is 1.94. The van der Waals surface area contributed by atoms with E-state index in [1.54, 1.807) is 12.1 Å². The number of hydrogen-bond acceptors (Lipinski definition) is 3. The first-order chi connectivity index (χ1) is 8.66. The summed E-state index contributed by atoms with van der Waals surface area (Å²) in [5.41, 5.74) is 0.971. The maximum absolute atomic E-state index is 10.8. The van der Waals surface area contributed by atoms with E-state index in [0.29, 0.717) is 10.9 Å². The summed E-state index contributed by atoms with van der Waals surface area (Å²) in [6.07, 6.45) is 2.25. The Morgan fingerprint density at radius 2 is 2.39 bits per heavy atom. The van der Waals surface area contributed by atoms with Gasteiger partial charge in [0.25, 0.3) is 0 Å². The van der Waals surface area contributed by atoms with Gasteiger partial charge in [0, 0.05) is 13.2 Å². The number of rotatable bonds is 4. The van der Waals surface area contributed by atoms with Crippen LogP contribution in [0.5, 0.6) is 0 Å². The third kappa shape index (κ3) is 3.37. The second kappa shape index (κ2) is 6.07. The maximum atomic E-state index is 10.8. The van der Waals surface area contributed by atoms with E-state index in [9.17, 15) is 4.79 Å². The number of ether oxygens (including phenoxy) is 1. The van der Waals surface area contributed by atoms with Gasteiger partial charge in [-0.3, -0.25) is 0 Å². The molecule has 2 rings (SSSR count). The molecule has 1 aliphatic heterocycles. The first kappa shape index (κ1) is 13.2. The standard InChI is InChI=1S/C13H16ClNO3/c14-11-6-10(13(16)17)3-4-12(11)15-7-9-2-1-5-18-8-9/h3-4,6,9,15H,1-2,5,7-8H2,(H,16,17). The van der Waals surface area contributed by atoms with Crippen molar-refractivity contribution in [2.24, 2.45) is 5.92 Å². The fraction of sp³-hybridized carbons (Fsp3) is 0.462. The molecule has 1 unspecified atom stereocenters. The molecule has 1 aromatic carbocycles. The molecule has 1 aliphatic rings. The average molecular weight is 270 g/mol. The predicted octanol–water partition coefficient (Wildman–Crippen LogP) is 2.88. The van der Waals surface area contributed by atoms with Crippen molar-refractivity contribution < 1.29 is 14.6 Å². The Morgan fingerprint density at radius 1 is 1.56 bits per heavy atom. The smallest absolute Gasteiger partial charge is 0.335 e. The Bertz CT molecular complexity index is 430. The van der Waals surface area contributed by atoms with E-state index in [0.717, 1.165) is 38.3 Å². The Morgan fingerprint density at radius 3 is 3.00 bits per heavy atom.